The summed E-state index contributed by atoms with van der Waals surface area (Å²) < 4.78 is 6.39. The summed E-state index contributed by atoms with van der Waals surface area (Å²) in [5, 5.41) is 11.6. The van der Waals surface area contributed by atoms with Crippen molar-refractivity contribution in [3.63, 3.8) is 0 Å². The Morgan fingerprint density at radius 1 is 0.532 bits per heavy atom. The van der Waals surface area contributed by atoms with Crippen LogP contribution in [0.2, 0.25) is 0 Å². The first-order valence-electron chi connectivity index (χ1n) is 15.0. The first-order chi connectivity index (χ1) is 23.2. The highest BCUT2D eigenvalue weighted by atomic mass is 16.3. The van der Waals surface area contributed by atoms with Crippen molar-refractivity contribution in [3.8, 4) is 62.5 Å². The number of furan rings is 1. The number of benzene rings is 6. The maximum Gasteiger partial charge on any atom is 0.194 e. The summed E-state index contributed by atoms with van der Waals surface area (Å²) in [6, 6.07) is 47.3. The zero-order valence-corrected chi connectivity index (χ0v) is 24.9. The Hall–Kier alpha value is -6.89. The van der Waals surface area contributed by atoms with E-state index in [2.05, 4.69) is 35.2 Å². The maximum absolute atomic E-state index is 9.49. The molecule has 0 N–H and O–H groups in total. The second kappa shape index (κ2) is 11.6. The zero-order chi connectivity index (χ0) is 31.7. The molecule has 0 saturated heterocycles. The predicted octanol–water partition coefficient (Wildman–Crippen LogP) is 10.5. The van der Waals surface area contributed by atoms with Gasteiger partial charge in [-0.05, 0) is 52.6 Å². The molecule has 0 saturated carbocycles. The van der Waals surface area contributed by atoms with Gasteiger partial charge in [0, 0.05) is 27.5 Å². The van der Waals surface area contributed by atoms with E-state index in [9.17, 15) is 5.26 Å². The van der Waals surface area contributed by atoms with Crippen LogP contribution in [-0.2, 0) is 0 Å². The van der Waals surface area contributed by atoms with Crippen LogP contribution in [0.15, 0.2) is 144 Å². The van der Waals surface area contributed by atoms with Crippen LogP contribution in [0.4, 0.5) is 5.69 Å². The van der Waals surface area contributed by atoms with Gasteiger partial charge in [0.2, 0.25) is 0 Å². The molecule has 0 atom stereocenters. The molecule has 2 aromatic heterocycles. The van der Waals surface area contributed by atoms with Crippen LogP contribution < -0.4 is 0 Å². The summed E-state index contributed by atoms with van der Waals surface area (Å²) in [5.74, 6) is 1.55. The number of fused-ring (bicyclic) bond motifs is 3. The number of nitrogens with zero attached hydrogens (tertiary/aromatic N) is 5. The van der Waals surface area contributed by atoms with Crippen molar-refractivity contribution in [2.45, 2.75) is 0 Å². The van der Waals surface area contributed by atoms with E-state index in [0.29, 0.717) is 34.3 Å². The molecule has 0 aliphatic heterocycles. The van der Waals surface area contributed by atoms with Gasteiger partial charge in [-0.25, -0.2) is 19.8 Å². The van der Waals surface area contributed by atoms with Crippen molar-refractivity contribution in [2.75, 3.05) is 0 Å². The Kier molecular flexibility index (Phi) is 6.80. The normalized spacial score (nSPS) is 10.9. The van der Waals surface area contributed by atoms with Crippen LogP contribution in [0.5, 0.6) is 0 Å². The summed E-state index contributed by atoms with van der Waals surface area (Å²) in [6.45, 7) is 7.68. The summed E-state index contributed by atoms with van der Waals surface area (Å²) in [7, 11) is 0. The van der Waals surface area contributed by atoms with E-state index >= 15 is 0 Å². The molecule has 0 spiro atoms. The van der Waals surface area contributed by atoms with Gasteiger partial charge in [-0.1, -0.05) is 109 Å². The number of hydrogen-bond acceptors (Lipinski definition) is 5. The van der Waals surface area contributed by atoms with Crippen LogP contribution in [0.3, 0.4) is 0 Å². The van der Waals surface area contributed by atoms with Crippen LogP contribution in [0, 0.1) is 17.9 Å². The minimum absolute atomic E-state index is 0.469. The minimum Gasteiger partial charge on any atom is -0.456 e. The van der Waals surface area contributed by atoms with E-state index in [4.69, 9.17) is 25.9 Å². The lowest BCUT2D eigenvalue weighted by Gasteiger charge is -2.10. The first-order valence-corrected chi connectivity index (χ1v) is 15.0. The second-order valence-electron chi connectivity index (χ2n) is 11.1. The monoisotopic (exact) mass is 601 g/mol. The van der Waals surface area contributed by atoms with Gasteiger partial charge in [-0.2, -0.15) is 5.26 Å². The molecule has 6 aromatic carbocycles. The third kappa shape index (κ3) is 5.07. The van der Waals surface area contributed by atoms with Gasteiger partial charge in [0.05, 0.1) is 18.2 Å². The molecule has 218 valence electrons. The van der Waals surface area contributed by atoms with Gasteiger partial charge >= 0.3 is 0 Å². The molecule has 0 fully saturated rings. The van der Waals surface area contributed by atoms with Crippen LogP contribution in [0.25, 0.3) is 83.2 Å². The van der Waals surface area contributed by atoms with Gasteiger partial charge in [-0.15, -0.1) is 0 Å². The third-order valence-electron chi connectivity index (χ3n) is 8.19. The molecular weight excluding hydrogens is 578 g/mol. The van der Waals surface area contributed by atoms with E-state index < -0.39 is 0 Å². The zero-order valence-electron chi connectivity index (χ0n) is 24.9. The Morgan fingerprint density at radius 3 is 1.89 bits per heavy atom. The molecule has 0 bridgehead atoms. The van der Waals surface area contributed by atoms with E-state index in [1.165, 1.54) is 0 Å². The van der Waals surface area contributed by atoms with Crippen molar-refractivity contribution in [2.24, 2.45) is 0 Å². The topological polar surface area (TPSA) is 80.0 Å². The van der Waals surface area contributed by atoms with Crippen molar-refractivity contribution < 1.29 is 4.42 Å². The molecule has 6 nitrogen and oxygen atoms in total. The van der Waals surface area contributed by atoms with E-state index in [1.54, 1.807) is 18.2 Å². The Bertz CT molecular complexity index is 2540. The molecular formula is C41H23N5O. The number of hydrogen-bond donors (Lipinski definition) is 0. The Labute approximate surface area is 270 Å². The standard InChI is InChI=1S/C41H23N5O/c1-43-35-21-18-26(25-42)22-34(35)29-14-8-15-30(23-29)40-44-39(28-12-6-3-7-13-28)45-41(46-40)31-19-20-33-37(24-31)47-36-17-9-16-32(38(33)36)27-10-4-2-5-11-27/h2-24H. The molecule has 8 aromatic rings. The SMILES string of the molecule is [C-]#[N+]c1ccc(C#N)cc1-c1cccc(-c2nc(-c3ccccc3)nc(-c3ccc4c(c3)oc3cccc(-c5ccccc5)c34)n2)c1. The van der Waals surface area contributed by atoms with Crippen molar-refractivity contribution in [3.05, 3.63) is 157 Å². The predicted molar refractivity (Wildman–Crippen MR) is 185 cm³/mol. The van der Waals surface area contributed by atoms with Gasteiger partial charge in [0.25, 0.3) is 0 Å². The van der Waals surface area contributed by atoms with Crippen molar-refractivity contribution in [1.29, 1.82) is 5.26 Å². The van der Waals surface area contributed by atoms with Gasteiger partial charge in [-0.3, -0.25) is 0 Å². The third-order valence-corrected chi connectivity index (χ3v) is 8.19. The fourth-order valence-corrected chi connectivity index (χ4v) is 5.93. The summed E-state index contributed by atoms with van der Waals surface area (Å²) >= 11 is 0. The fraction of sp³-hybridized carbons (Fsp3) is 0. The maximum atomic E-state index is 9.49. The minimum atomic E-state index is 0.469. The van der Waals surface area contributed by atoms with Gasteiger partial charge < -0.3 is 4.42 Å². The second-order valence-corrected chi connectivity index (χ2v) is 11.1. The van der Waals surface area contributed by atoms with Crippen LogP contribution in [0.1, 0.15) is 5.56 Å². The molecule has 0 aliphatic rings. The largest absolute Gasteiger partial charge is 0.456 e. The molecule has 8 rings (SSSR count). The molecule has 0 unspecified atom stereocenters. The van der Waals surface area contributed by atoms with E-state index in [-0.39, 0.29) is 0 Å². The molecule has 6 heteroatoms. The average molecular weight is 602 g/mol. The molecule has 0 aliphatic carbocycles. The van der Waals surface area contributed by atoms with E-state index in [1.807, 2.05) is 97.1 Å². The summed E-state index contributed by atoms with van der Waals surface area (Å²) in [6.07, 6.45) is 0. The van der Waals surface area contributed by atoms with Crippen molar-refractivity contribution in [1.82, 2.24) is 15.0 Å². The molecule has 0 amide bonds. The lowest BCUT2D eigenvalue weighted by molar-refractivity contribution is 0.669. The quantitative estimate of drug-likeness (QED) is 0.183. The highest BCUT2D eigenvalue weighted by molar-refractivity contribution is 6.13. The van der Waals surface area contributed by atoms with E-state index in [0.717, 1.165) is 55.3 Å². The number of aromatic nitrogens is 3. The van der Waals surface area contributed by atoms with Gasteiger partial charge in [0.15, 0.2) is 23.2 Å². The average Bonchev–Trinajstić information content (AvgIpc) is 3.53. The van der Waals surface area contributed by atoms with Gasteiger partial charge in [0.1, 0.15) is 11.2 Å². The van der Waals surface area contributed by atoms with Crippen LogP contribution in [-0.4, -0.2) is 15.0 Å². The number of rotatable bonds is 5. The smallest absolute Gasteiger partial charge is 0.194 e. The molecule has 0 radical (unpaired) electrons. The Balaban J connectivity index is 1.28. The number of nitriles is 1. The molecule has 47 heavy (non-hydrogen) atoms. The fourth-order valence-electron chi connectivity index (χ4n) is 5.93. The summed E-state index contributed by atoms with van der Waals surface area (Å²) in [4.78, 5) is 18.5. The highest BCUT2D eigenvalue weighted by Gasteiger charge is 2.17. The first kappa shape index (κ1) is 27.6. The summed E-state index contributed by atoms with van der Waals surface area (Å²) in [5.41, 5.74) is 8.67. The molecule has 2 heterocycles. The van der Waals surface area contributed by atoms with Crippen LogP contribution >= 0.6 is 0 Å². The highest BCUT2D eigenvalue weighted by Crippen LogP contribution is 2.38. The Morgan fingerprint density at radius 2 is 1.17 bits per heavy atom. The van der Waals surface area contributed by atoms with Crippen molar-refractivity contribution >= 4 is 27.6 Å². The lowest BCUT2D eigenvalue weighted by atomic mass is 9.99. The lowest BCUT2D eigenvalue weighted by Crippen LogP contribution is -2.00.